The molecule has 0 saturated heterocycles. The predicted molar refractivity (Wildman–Crippen MR) is 136 cm³/mol. The van der Waals surface area contributed by atoms with Crippen molar-refractivity contribution in [3.8, 4) is 11.4 Å². The number of thiazole rings is 1. The normalized spacial score (nSPS) is 12.2. The molecule has 0 radical (unpaired) electrons. The highest BCUT2D eigenvalue weighted by Gasteiger charge is 2.17. The summed E-state index contributed by atoms with van der Waals surface area (Å²) in [5.74, 6) is 1.03. The fraction of sp³-hybridized carbons (Fsp3) is 0.308. The smallest absolute Gasteiger partial charge is 0.187 e. The Morgan fingerprint density at radius 3 is 2.62 bits per heavy atom. The summed E-state index contributed by atoms with van der Waals surface area (Å²) in [7, 11) is 1.66. The summed E-state index contributed by atoms with van der Waals surface area (Å²) in [6.07, 6.45) is 4.70. The second kappa shape index (κ2) is 10.8. The van der Waals surface area contributed by atoms with Crippen molar-refractivity contribution >= 4 is 22.2 Å². The van der Waals surface area contributed by atoms with Gasteiger partial charge in [0.2, 0.25) is 0 Å². The van der Waals surface area contributed by atoms with Crippen LogP contribution in [0.1, 0.15) is 43.3 Å². The summed E-state index contributed by atoms with van der Waals surface area (Å²) in [6, 6.07) is 12.7. The Kier molecular flexibility index (Phi) is 7.59. The SMILES string of the molecule is COc1cc(Nc2nc([C@H](CC(C)C)NCc3ccc(F)cc3)cs2)ccc1-n1cnc(C)c1. The van der Waals surface area contributed by atoms with Gasteiger partial charge in [-0.2, -0.15) is 0 Å². The van der Waals surface area contributed by atoms with Crippen LogP contribution in [0.2, 0.25) is 0 Å². The Morgan fingerprint density at radius 2 is 1.94 bits per heavy atom. The Labute approximate surface area is 203 Å². The lowest BCUT2D eigenvalue weighted by Crippen LogP contribution is -2.22. The van der Waals surface area contributed by atoms with Crippen LogP contribution < -0.4 is 15.4 Å². The number of nitrogens with one attached hydrogen (secondary N) is 2. The molecule has 2 aromatic heterocycles. The highest BCUT2D eigenvalue weighted by atomic mass is 32.1. The monoisotopic (exact) mass is 479 g/mol. The van der Waals surface area contributed by atoms with Crippen LogP contribution in [0.25, 0.3) is 5.69 Å². The van der Waals surface area contributed by atoms with Gasteiger partial charge in [0.15, 0.2) is 5.13 Å². The number of aromatic nitrogens is 3. The molecule has 2 N–H and O–H groups in total. The van der Waals surface area contributed by atoms with Crippen LogP contribution in [0.5, 0.6) is 5.75 Å². The van der Waals surface area contributed by atoms with E-state index in [0.717, 1.165) is 45.6 Å². The Bertz CT molecular complexity index is 1220. The molecule has 2 heterocycles. The molecule has 0 spiro atoms. The number of ether oxygens (including phenoxy) is 1. The van der Waals surface area contributed by atoms with Crippen molar-refractivity contribution in [1.82, 2.24) is 19.9 Å². The largest absolute Gasteiger partial charge is 0.494 e. The molecule has 34 heavy (non-hydrogen) atoms. The van der Waals surface area contributed by atoms with Crippen LogP contribution in [0.15, 0.2) is 60.4 Å². The second-order valence-corrected chi connectivity index (χ2v) is 9.56. The van der Waals surface area contributed by atoms with Crippen LogP contribution in [0.4, 0.5) is 15.2 Å². The summed E-state index contributed by atoms with van der Waals surface area (Å²) in [5.41, 5.74) is 4.82. The van der Waals surface area contributed by atoms with E-state index in [2.05, 4.69) is 34.8 Å². The fourth-order valence-corrected chi connectivity index (χ4v) is 4.56. The Balaban J connectivity index is 1.47. The van der Waals surface area contributed by atoms with Gasteiger partial charge in [-0.25, -0.2) is 14.4 Å². The second-order valence-electron chi connectivity index (χ2n) is 8.70. The molecule has 0 amide bonds. The molecule has 0 aliphatic heterocycles. The first-order chi connectivity index (χ1) is 16.4. The quantitative estimate of drug-likeness (QED) is 0.275. The van der Waals surface area contributed by atoms with Crippen LogP contribution in [0.3, 0.4) is 0 Å². The third-order valence-electron chi connectivity index (χ3n) is 5.47. The molecule has 1 atom stereocenters. The van der Waals surface area contributed by atoms with E-state index in [1.54, 1.807) is 24.8 Å². The zero-order chi connectivity index (χ0) is 24.1. The summed E-state index contributed by atoms with van der Waals surface area (Å²) in [5, 5.41) is 9.91. The molecule has 6 nitrogen and oxygen atoms in total. The van der Waals surface area contributed by atoms with Gasteiger partial charge in [-0.15, -0.1) is 11.3 Å². The number of benzene rings is 2. The number of rotatable bonds is 10. The van der Waals surface area contributed by atoms with Gasteiger partial charge in [-0.3, -0.25) is 0 Å². The van der Waals surface area contributed by atoms with Gasteiger partial charge in [-0.05, 0) is 49.1 Å². The molecule has 178 valence electrons. The number of anilines is 2. The topological polar surface area (TPSA) is 64.0 Å². The number of hydrogen-bond donors (Lipinski definition) is 2. The van der Waals surface area contributed by atoms with Crippen molar-refractivity contribution in [2.45, 2.75) is 39.8 Å². The summed E-state index contributed by atoms with van der Waals surface area (Å²) >= 11 is 1.57. The van der Waals surface area contributed by atoms with Crippen molar-refractivity contribution < 1.29 is 9.13 Å². The molecule has 8 heteroatoms. The van der Waals surface area contributed by atoms with Crippen molar-refractivity contribution in [3.63, 3.8) is 0 Å². The zero-order valence-corrected chi connectivity index (χ0v) is 20.7. The van der Waals surface area contributed by atoms with Crippen molar-refractivity contribution in [3.05, 3.63) is 83.1 Å². The molecule has 0 unspecified atom stereocenters. The number of nitrogens with zero attached hydrogens (tertiary/aromatic N) is 3. The minimum absolute atomic E-state index is 0.109. The minimum atomic E-state index is -0.220. The summed E-state index contributed by atoms with van der Waals surface area (Å²) in [4.78, 5) is 9.15. The maximum absolute atomic E-state index is 13.2. The molecule has 0 aliphatic carbocycles. The molecular formula is C26H30FN5OS. The highest BCUT2D eigenvalue weighted by molar-refractivity contribution is 7.13. The van der Waals surface area contributed by atoms with Gasteiger partial charge in [0, 0.05) is 29.9 Å². The van der Waals surface area contributed by atoms with Gasteiger partial charge in [0.05, 0.1) is 36.6 Å². The van der Waals surface area contributed by atoms with Crippen LogP contribution >= 0.6 is 11.3 Å². The van der Waals surface area contributed by atoms with E-state index in [4.69, 9.17) is 9.72 Å². The molecule has 4 aromatic rings. The molecule has 2 aromatic carbocycles. The van der Waals surface area contributed by atoms with Crippen LogP contribution in [0, 0.1) is 18.7 Å². The third kappa shape index (κ3) is 6.01. The lowest BCUT2D eigenvalue weighted by molar-refractivity contribution is 0.413. The van der Waals surface area contributed by atoms with E-state index in [0.29, 0.717) is 12.5 Å². The van der Waals surface area contributed by atoms with E-state index in [1.807, 2.05) is 48.0 Å². The van der Waals surface area contributed by atoms with Crippen molar-refractivity contribution in [2.75, 3.05) is 12.4 Å². The van der Waals surface area contributed by atoms with E-state index >= 15 is 0 Å². The Hall–Kier alpha value is -3.23. The number of methoxy groups -OCH3 is 1. The van der Waals surface area contributed by atoms with Crippen LogP contribution in [-0.2, 0) is 6.54 Å². The Morgan fingerprint density at radius 1 is 1.15 bits per heavy atom. The standard InChI is InChI=1S/C26H30FN5OS/c1-17(2)11-22(28-13-19-5-7-20(27)8-6-19)23-15-34-26(31-23)30-21-9-10-24(25(12-21)33-4)32-14-18(3)29-16-32/h5-10,12,14-17,22,28H,11,13H2,1-4H3,(H,30,31)/t22-/m0/s1. The lowest BCUT2D eigenvalue weighted by atomic mass is 10.0. The molecule has 0 fully saturated rings. The first-order valence-electron chi connectivity index (χ1n) is 11.3. The van der Waals surface area contributed by atoms with E-state index in [9.17, 15) is 4.39 Å². The maximum Gasteiger partial charge on any atom is 0.187 e. The van der Waals surface area contributed by atoms with Gasteiger partial charge >= 0.3 is 0 Å². The third-order valence-corrected chi connectivity index (χ3v) is 6.25. The number of hydrogen-bond acceptors (Lipinski definition) is 6. The molecule has 0 aliphatic rings. The molecule has 0 saturated carbocycles. The summed E-state index contributed by atoms with van der Waals surface area (Å²) < 4.78 is 20.8. The number of imidazole rings is 1. The molecule has 0 bridgehead atoms. The maximum atomic E-state index is 13.2. The van der Waals surface area contributed by atoms with Gasteiger partial charge < -0.3 is 19.9 Å². The van der Waals surface area contributed by atoms with E-state index in [-0.39, 0.29) is 11.9 Å². The van der Waals surface area contributed by atoms with Crippen LogP contribution in [-0.4, -0.2) is 21.6 Å². The average molecular weight is 480 g/mol. The fourth-order valence-electron chi connectivity index (χ4n) is 3.77. The number of aryl methyl sites for hydroxylation is 1. The predicted octanol–water partition coefficient (Wildman–Crippen LogP) is 6.41. The lowest BCUT2D eigenvalue weighted by Gasteiger charge is -2.19. The highest BCUT2D eigenvalue weighted by Crippen LogP contribution is 2.31. The zero-order valence-electron chi connectivity index (χ0n) is 19.9. The molecule has 4 rings (SSSR count). The van der Waals surface area contributed by atoms with Gasteiger partial charge in [-0.1, -0.05) is 26.0 Å². The summed E-state index contributed by atoms with van der Waals surface area (Å²) in [6.45, 7) is 7.02. The van der Waals surface area contributed by atoms with Gasteiger partial charge in [0.25, 0.3) is 0 Å². The number of halogens is 1. The first kappa shape index (κ1) is 23.9. The first-order valence-corrected chi connectivity index (χ1v) is 12.2. The molecular weight excluding hydrogens is 449 g/mol. The van der Waals surface area contributed by atoms with Crippen molar-refractivity contribution in [2.24, 2.45) is 5.92 Å². The van der Waals surface area contributed by atoms with Gasteiger partial charge in [0.1, 0.15) is 11.6 Å². The van der Waals surface area contributed by atoms with Crippen molar-refractivity contribution in [1.29, 1.82) is 0 Å². The van der Waals surface area contributed by atoms with E-state index in [1.165, 1.54) is 12.1 Å². The minimum Gasteiger partial charge on any atom is -0.494 e. The van der Waals surface area contributed by atoms with E-state index < -0.39 is 0 Å². The average Bonchev–Trinajstić information content (AvgIpc) is 3.46.